The van der Waals surface area contributed by atoms with E-state index in [0.29, 0.717) is 5.82 Å². The Bertz CT molecular complexity index is 2550. The first-order valence-corrected chi connectivity index (χ1v) is 16.3. The van der Waals surface area contributed by atoms with Crippen LogP contribution in [0.3, 0.4) is 0 Å². The smallest absolute Gasteiger partial charge is 0.160 e. The number of aromatic nitrogens is 2. The van der Waals surface area contributed by atoms with Gasteiger partial charge in [-0.2, -0.15) is 0 Å². The van der Waals surface area contributed by atoms with Crippen LogP contribution in [0.1, 0.15) is 0 Å². The maximum atomic E-state index is 5.08. The Morgan fingerprint density at radius 2 is 0.646 bits per heavy atom. The lowest BCUT2D eigenvalue weighted by Gasteiger charge is -2.13. The molecule has 9 aromatic rings. The van der Waals surface area contributed by atoms with Crippen molar-refractivity contribution in [3.05, 3.63) is 182 Å². The summed E-state index contributed by atoms with van der Waals surface area (Å²) in [5.41, 5.74) is 9.61. The zero-order valence-electron chi connectivity index (χ0n) is 26.2. The summed E-state index contributed by atoms with van der Waals surface area (Å²) < 4.78 is 0. The first-order chi connectivity index (χ1) is 23.8. The van der Waals surface area contributed by atoms with Gasteiger partial charge in [-0.25, -0.2) is 9.97 Å². The number of hydrogen-bond acceptors (Lipinski definition) is 2. The zero-order valence-corrected chi connectivity index (χ0v) is 26.2. The molecule has 1 aromatic heterocycles. The van der Waals surface area contributed by atoms with Crippen LogP contribution in [0.25, 0.3) is 88.5 Å². The fourth-order valence-corrected chi connectivity index (χ4v) is 6.87. The van der Waals surface area contributed by atoms with Crippen molar-refractivity contribution in [1.29, 1.82) is 0 Å². The van der Waals surface area contributed by atoms with Crippen molar-refractivity contribution in [3.8, 4) is 56.2 Å². The van der Waals surface area contributed by atoms with Crippen LogP contribution >= 0.6 is 0 Å². The molecule has 1 heterocycles. The summed E-state index contributed by atoms with van der Waals surface area (Å²) in [5, 5.41) is 7.71. The van der Waals surface area contributed by atoms with Crippen molar-refractivity contribution < 1.29 is 0 Å². The average Bonchev–Trinajstić information content (AvgIpc) is 3.18. The van der Waals surface area contributed by atoms with Gasteiger partial charge >= 0.3 is 0 Å². The van der Waals surface area contributed by atoms with Crippen LogP contribution in [0.15, 0.2) is 182 Å². The quantitative estimate of drug-likeness (QED) is 0.181. The second kappa shape index (κ2) is 11.8. The minimum Gasteiger partial charge on any atom is -0.228 e. The van der Waals surface area contributed by atoms with Crippen molar-refractivity contribution in [3.63, 3.8) is 0 Å². The molecule has 0 atom stereocenters. The molecule has 0 amide bonds. The van der Waals surface area contributed by atoms with E-state index in [9.17, 15) is 0 Å². The molecule has 2 heteroatoms. The predicted octanol–water partition coefficient (Wildman–Crippen LogP) is 12.3. The van der Waals surface area contributed by atoms with Crippen molar-refractivity contribution in [2.24, 2.45) is 0 Å². The van der Waals surface area contributed by atoms with Gasteiger partial charge < -0.3 is 0 Å². The number of rotatable bonds is 5. The molecule has 0 aliphatic rings. The topological polar surface area (TPSA) is 25.8 Å². The van der Waals surface area contributed by atoms with Crippen LogP contribution in [-0.4, -0.2) is 9.97 Å². The van der Waals surface area contributed by atoms with E-state index in [1.165, 1.54) is 49.0 Å². The number of benzene rings is 8. The fourth-order valence-electron chi connectivity index (χ4n) is 6.87. The number of nitrogens with zero attached hydrogens (tertiary/aromatic N) is 2. The molecule has 0 N–H and O–H groups in total. The van der Waals surface area contributed by atoms with Crippen LogP contribution in [0, 0.1) is 0 Å². The predicted molar refractivity (Wildman–Crippen MR) is 202 cm³/mol. The van der Waals surface area contributed by atoms with Crippen molar-refractivity contribution in [2.45, 2.75) is 0 Å². The number of hydrogen-bond donors (Lipinski definition) is 0. The van der Waals surface area contributed by atoms with E-state index >= 15 is 0 Å². The van der Waals surface area contributed by atoms with Gasteiger partial charge in [0.05, 0.1) is 11.4 Å². The lowest BCUT2D eigenvalue weighted by atomic mass is 9.92. The molecule has 0 saturated heterocycles. The van der Waals surface area contributed by atoms with Gasteiger partial charge in [0.25, 0.3) is 0 Å². The van der Waals surface area contributed by atoms with E-state index in [4.69, 9.17) is 9.97 Å². The van der Waals surface area contributed by atoms with Gasteiger partial charge in [0, 0.05) is 16.7 Å². The largest absolute Gasteiger partial charge is 0.228 e. The second-order valence-corrected chi connectivity index (χ2v) is 12.2. The Morgan fingerprint density at radius 1 is 0.229 bits per heavy atom. The van der Waals surface area contributed by atoms with Crippen LogP contribution in [0.4, 0.5) is 0 Å². The molecular weight excluding hydrogens is 581 g/mol. The van der Waals surface area contributed by atoms with Gasteiger partial charge in [0.15, 0.2) is 5.82 Å². The van der Waals surface area contributed by atoms with Crippen LogP contribution in [0.2, 0.25) is 0 Å². The van der Waals surface area contributed by atoms with Crippen LogP contribution in [0.5, 0.6) is 0 Å². The van der Waals surface area contributed by atoms with E-state index in [0.717, 1.165) is 33.6 Å². The molecule has 0 fully saturated rings. The molecular formula is C46H30N2. The summed E-state index contributed by atoms with van der Waals surface area (Å²) in [6.45, 7) is 0. The molecule has 224 valence electrons. The molecule has 0 saturated carbocycles. The van der Waals surface area contributed by atoms with Crippen molar-refractivity contribution in [2.75, 3.05) is 0 Å². The van der Waals surface area contributed by atoms with Crippen molar-refractivity contribution >= 4 is 32.3 Å². The summed E-state index contributed by atoms with van der Waals surface area (Å²) in [6, 6.07) is 64.5. The average molecular weight is 611 g/mol. The molecule has 0 unspecified atom stereocenters. The zero-order chi connectivity index (χ0) is 31.9. The molecule has 0 radical (unpaired) electrons. The van der Waals surface area contributed by atoms with Gasteiger partial charge in [-0.1, -0.05) is 164 Å². The number of fused-ring (bicyclic) bond motifs is 6. The van der Waals surface area contributed by atoms with Gasteiger partial charge in [0.1, 0.15) is 0 Å². The molecule has 9 rings (SSSR count). The molecule has 2 nitrogen and oxygen atoms in total. The highest BCUT2D eigenvalue weighted by Crippen LogP contribution is 2.38. The van der Waals surface area contributed by atoms with E-state index in [2.05, 4.69) is 158 Å². The third-order valence-corrected chi connectivity index (χ3v) is 9.28. The Morgan fingerprint density at radius 3 is 1.29 bits per heavy atom. The first-order valence-electron chi connectivity index (χ1n) is 16.3. The van der Waals surface area contributed by atoms with Crippen molar-refractivity contribution in [1.82, 2.24) is 9.97 Å². The Balaban J connectivity index is 1.14. The standard InChI is InChI=1S/C46H30N2/c1-3-12-31(13-4-1)35-16-11-17-37(28-35)45-30-44(47-46(48-45)34-14-5-2-6-15-34)33-24-22-32(23-25-33)36-26-27-42-40-20-8-7-18-38(40)39-19-9-10-21-41(39)43(42)29-36/h1-30H. The Kier molecular flexibility index (Phi) is 6.84. The van der Waals surface area contributed by atoms with Gasteiger partial charge in [-0.15, -0.1) is 0 Å². The molecule has 0 spiro atoms. The van der Waals surface area contributed by atoms with Gasteiger partial charge in [-0.05, 0) is 72.8 Å². The lowest BCUT2D eigenvalue weighted by molar-refractivity contribution is 1.18. The molecule has 0 bridgehead atoms. The highest BCUT2D eigenvalue weighted by atomic mass is 14.9. The Labute approximate surface area is 279 Å². The van der Waals surface area contributed by atoms with Crippen LogP contribution < -0.4 is 0 Å². The van der Waals surface area contributed by atoms with E-state index in [-0.39, 0.29) is 0 Å². The normalized spacial score (nSPS) is 11.3. The maximum absolute atomic E-state index is 5.08. The SMILES string of the molecule is c1ccc(-c2cccc(-c3cc(-c4ccc(-c5ccc6c7ccccc7c7ccccc7c6c5)cc4)nc(-c4ccccc4)n3)c2)cc1. The minimum absolute atomic E-state index is 0.714. The minimum atomic E-state index is 0.714. The third kappa shape index (κ3) is 5.01. The summed E-state index contributed by atoms with van der Waals surface area (Å²) in [4.78, 5) is 10.1. The molecule has 0 aliphatic heterocycles. The monoisotopic (exact) mass is 610 g/mol. The summed E-state index contributed by atoms with van der Waals surface area (Å²) >= 11 is 0. The van der Waals surface area contributed by atoms with E-state index < -0.39 is 0 Å². The maximum Gasteiger partial charge on any atom is 0.160 e. The van der Waals surface area contributed by atoms with E-state index in [1.807, 2.05) is 24.3 Å². The Hall–Kier alpha value is -6.38. The third-order valence-electron chi connectivity index (χ3n) is 9.28. The fraction of sp³-hybridized carbons (Fsp3) is 0. The summed E-state index contributed by atoms with van der Waals surface area (Å²) in [7, 11) is 0. The second-order valence-electron chi connectivity index (χ2n) is 12.2. The summed E-state index contributed by atoms with van der Waals surface area (Å²) in [5.74, 6) is 0.714. The van der Waals surface area contributed by atoms with Gasteiger partial charge in [0.2, 0.25) is 0 Å². The molecule has 8 aromatic carbocycles. The van der Waals surface area contributed by atoms with Gasteiger partial charge in [-0.3, -0.25) is 0 Å². The first kappa shape index (κ1) is 27.9. The molecule has 48 heavy (non-hydrogen) atoms. The summed E-state index contributed by atoms with van der Waals surface area (Å²) in [6.07, 6.45) is 0. The lowest BCUT2D eigenvalue weighted by Crippen LogP contribution is -1.96. The van der Waals surface area contributed by atoms with E-state index in [1.54, 1.807) is 0 Å². The highest BCUT2D eigenvalue weighted by molar-refractivity contribution is 6.25. The highest BCUT2D eigenvalue weighted by Gasteiger charge is 2.13. The van der Waals surface area contributed by atoms with Crippen LogP contribution in [-0.2, 0) is 0 Å². The molecule has 0 aliphatic carbocycles.